The van der Waals surface area contributed by atoms with Crippen LogP contribution in [-0.4, -0.2) is 24.5 Å². The highest BCUT2D eigenvalue weighted by molar-refractivity contribution is 7.09. The summed E-state index contributed by atoms with van der Waals surface area (Å²) in [6.45, 7) is 0.216. The van der Waals surface area contributed by atoms with E-state index >= 15 is 0 Å². The third-order valence-corrected chi connectivity index (χ3v) is 2.07. The van der Waals surface area contributed by atoms with Crippen molar-refractivity contribution in [1.82, 2.24) is 10.3 Å². The predicted octanol–water partition coefficient (Wildman–Crippen LogP) is -0.380. The standard InChI is InChI=1S/C6H6BN3O2S/c7-6(12)9-1-4-10-3(2-13-4)5(8)11/h2H,1H2,(H2,8,11)(H,9,12). The van der Waals surface area contributed by atoms with E-state index < -0.39 is 11.7 Å². The van der Waals surface area contributed by atoms with Crippen LogP contribution >= 0.6 is 11.3 Å². The maximum atomic E-state index is 10.6. The van der Waals surface area contributed by atoms with Crippen molar-refractivity contribution in [2.75, 3.05) is 0 Å². The summed E-state index contributed by atoms with van der Waals surface area (Å²) in [5.74, 6) is -1.21. The van der Waals surface area contributed by atoms with Crippen molar-refractivity contribution >= 4 is 30.9 Å². The van der Waals surface area contributed by atoms with Crippen molar-refractivity contribution < 1.29 is 9.59 Å². The number of hydrogen-bond acceptors (Lipinski definition) is 4. The predicted molar refractivity (Wildman–Crippen MR) is 48.6 cm³/mol. The summed E-state index contributed by atoms with van der Waals surface area (Å²) in [7, 11) is 4.84. The first-order valence-electron chi connectivity index (χ1n) is 3.37. The fourth-order valence-corrected chi connectivity index (χ4v) is 1.39. The highest BCUT2D eigenvalue weighted by Gasteiger charge is 2.06. The molecular weight excluding hydrogens is 189 g/mol. The van der Waals surface area contributed by atoms with Crippen molar-refractivity contribution in [1.29, 1.82) is 0 Å². The van der Waals surface area contributed by atoms with E-state index in [0.29, 0.717) is 5.01 Å². The molecule has 66 valence electrons. The van der Waals surface area contributed by atoms with Crippen molar-refractivity contribution in [3.05, 3.63) is 16.1 Å². The van der Waals surface area contributed by atoms with E-state index in [1.54, 1.807) is 0 Å². The number of thiazole rings is 1. The number of carbonyl (C=O) groups is 2. The number of rotatable bonds is 3. The van der Waals surface area contributed by atoms with Gasteiger partial charge in [0.1, 0.15) is 10.7 Å². The van der Waals surface area contributed by atoms with Crippen LogP contribution < -0.4 is 11.1 Å². The first-order valence-corrected chi connectivity index (χ1v) is 4.25. The molecule has 0 fully saturated rings. The van der Waals surface area contributed by atoms with Crippen molar-refractivity contribution in [3.63, 3.8) is 0 Å². The quantitative estimate of drug-likeness (QED) is 0.644. The topological polar surface area (TPSA) is 85.1 Å². The largest absolute Gasteiger partial charge is 0.364 e. The molecule has 7 heteroatoms. The minimum Gasteiger partial charge on any atom is -0.364 e. The lowest BCUT2D eigenvalue weighted by Gasteiger charge is -1.96. The average molecular weight is 195 g/mol. The number of nitrogens with one attached hydrogen (secondary N) is 1. The summed E-state index contributed by atoms with van der Waals surface area (Å²) in [6.07, 6.45) is 0. The van der Waals surface area contributed by atoms with Crippen molar-refractivity contribution in [2.24, 2.45) is 5.73 Å². The first-order chi connectivity index (χ1) is 6.09. The zero-order valence-corrected chi connectivity index (χ0v) is 7.43. The van der Waals surface area contributed by atoms with Crippen LogP contribution in [0.5, 0.6) is 0 Å². The molecule has 0 saturated carbocycles. The van der Waals surface area contributed by atoms with Gasteiger partial charge >= 0.3 is 0 Å². The Morgan fingerprint density at radius 1 is 1.69 bits per heavy atom. The average Bonchev–Trinajstić information content (AvgIpc) is 2.48. The van der Waals surface area contributed by atoms with E-state index in [-0.39, 0.29) is 12.2 Å². The van der Waals surface area contributed by atoms with Gasteiger partial charge in [-0.3, -0.25) is 9.59 Å². The highest BCUT2D eigenvalue weighted by atomic mass is 32.1. The Balaban J connectivity index is 2.59. The fraction of sp³-hybridized carbons (Fsp3) is 0.167. The molecule has 0 aromatic carbocycles. The van der Waals surface area contributed by atoms with Crippen molar-refractivity contribution in [2.45, 2.75) is 6.54 Å². The summed E-state index contributed by atoms with van der Waals surface area (Å²) in [5, 5.41) is 4.47. The molecule has 0 atom stereocenters. The van der Waals surface area contributed by atoms with Crippen LogP contribution in [-0.2, 0) is 6.54 Å². The Morgan fingerprint density at radius 2 is 2.38 bits per heavy atom. The van der Waals surface area contributed by atoms with Gasteiger partial charge in [0.2, 0.25) is 7.85 Å². The van der Waals surface area contributed by atoms with Crippen LogP contribution in [0.2, 0.25) is 0 Å². The Kier molecular flexibility index (Phi) is 3.02. The molecule has 0 saturated heterocycles. The maximum Gasteiger partial charge on any atom is 0.268 e. The van der Waals surface area contributed by atoms with Crippen LogP contribution in [0.15, 0.2) is 5.38 Å². The molecule has 2 radical (unpaired) electrons. The van der Waals surface area contributed by atoms with E-state index in [0.717, 1.165) is 0 Å². The monoisotopic (exact) mass is 195 g/mol. The van der Waals surface area contributed by atoms with E-state index in [9.17, 15) is 9.59 Å². The van der Waals surface area contributed by atoms with Gasteiger partial charge < -0.3 is 11.1 Å². The minimum atomic E-state index is -0.629. The van der Waals surface area contributed by atoms with Crippen LogP contribution in [0.3, 0.4) is 0 Å². The zero-order valence-electron chi connectivity index (χ0n) is 6.61. The number of amides is 2. The third kappa shape index (κ3) is 2.87. The maximum absolute atomic E-state index is 10.6. The number of nitrogens with two attached hydrogens (primary N) is 1. The number of primary amides is 1. The van der Waals surface area contributed by atoms with E-state index in [1.807, 2.05) is 0 Å². The first kappa shape index (κ1) is 9.72. The zero-order chi connectivity index (χ0) is 9.84. The van der Waals surface area contributed by atoms with Crippen LogP contribution in [0.4, 0.5) is 4.79 Å². The van der Waals surface area contributed by atoms with Gasteiger partial charge in [-0.25, -0.2) is 4.98 Å². The lowest BCUT2D eigenvalue weighted by molar-refractivity contribution is 0.0996. The SMILES string of the molecule is [B]C(=O)NCc1nc(C(N)=O)cs1. The molecule has 13 heavy (non-hydrogen) atoms. The fourth-order valence-electron chi connectivity index (χ4n) is 0.668. The molecule has 0 aliphatic carbocycles. The van der Waals surface area contributed by atoms with Crippen LogP contribution in [0.1, 0.15) is 15.5 Å². The number of carbonyl (C=O) groups excluding carboxylic acids is 2. The normalized spacial score (nSPS) is 9.54. The van der Waals surface area contributed by atoms with E-state index in [4.69, 9.17) is 13.6 Å². The second-order valence-corrected chi connectivity index (χ2v) is 3.15. The third-order valence-electron chi connectivity index (χ3n) is 1.22. The summed E-state index contributed by atoms with van der Waals surface area (Å²) in [6, 6.07) is 0. The van der Waals surface area contributed by atoms with Gasteiger partial charge in [-0.1, -0.05) is 0 Å². The molecule has 1 aromatic heterocycles. The number of hydrogen-bond donors (Lipinski definition) is 2. The Hall–Kier alpha value is -1.37. The molecule has 1 heterocycles. The number of nitrogens with zero attached hydrogens (tertiary/aromatic N) is 1. The summed E-state index contributed by atoms with van der Waals surface area (Å²) < 4.78 is 0. The molecule has 5 nitrogen and oxygen atoms in total. The lowest BCUT2D eigenvalue weighted by Crippen LogP contribution is -2.20. The minimum absolute atomic E-state index is 0.200. The van der Waals surface area contributed by atoms with E-state index in [2.05, 4.69) is 10.3 Å². The molecule has 1 rings (SSSR count). The molecule has 0 aliphatic heterocycles. The van der Waals surface area contributed by atoms with Gasteiger partial charge in [-0.2, -0.15) is 0 Å². The summed E-state index contributed by atoms with van der Waals surface area (Å²) in [4.78, 5) is 24.8. The smallest absolute Gasteiger partial charge is 0.268 e. The Morgan fingerprint density at radius 3 is 2.85 bits per heavy atom. The molecule has 0 bridgehead atoms. The van der Waals surface area contributed by atoms with Crippen molar-refractivity contribution in [3.8, 4) is 0 Å². The van der Waals surface area contributed by atoms with Gasteiger partial charge in [0.25, 0.3) is 5.91 Å². The molecular formula is C6H6BN3O2S. The molecule has 0 spiro atoms. The Bertz CT molecular complexity index is 338. The van der Waals surface area contributed by atoms with Gasteiger partial charge in [0.05, 0.1) is 6.54 Å². The molecule has 1 aromatic rings. The van der Waals surface area contributed by atoms with Gasteiger partial charge in [-0.05, 0) is 0 Å². The lowest BCUT2D eigenvalue weighted by atomic mass is 10.1. The van der Waals surface area contributed by atoms with Crippen LogP contribution in [0.25, 0.3) is 0 Å². The molecule has 0 unspecified atom stereocenters. The second kappa shape index (κ2) is 4.04. The van der Waals surface area contributed by atoms with Gasteiger partial charge in [-0.15, -0.1) is 11.3 Å². The van der Waals surface area contributed by atoms with Crippen LogP contribution in [0, 0.1) is 0 Å². The summed E-state index contributed by atoms with van der Waals surface area (Å²) in [5.41, 5.74) is 5.18. The van der Waals surface area contributed by atoms with Gasteiger partial charge in [0, 0.05) is 5.38 Å². The number of aromatic nitrogens is 1. The van der Waals surface area contributed by atoms with Gasteiger partial charge in [0.15, 0.2) is 5.81 Å². The molecule has 0 aliphatic rings. The Labute approximate surface area is 79.8 Å². The van der Waals surface area contributed by atoms with E-state index in [1.165, 1.54) is 16.7 Å². The molecule has 3 N–H and O–H groups in total. The summed E-state index contributed by atoms with van der Waals surface area (Å²) >= 11 is 1.24. The highest BCUT2D eigenvalue weighted by Crippen LogP contribution is 2.08. The second-order valence-electron chi connectivity index (χ2n) is 2.21. The molecule has 2 amide bonds.